The highest BCUT2D eigenvalue weighted by Gasteiger charge is 2.34. The van der Waals surface area contributed by atoms with Crippen molar-refractivity contribution in [3.63, 3.8) is 0 Å². The minimum Gasteiger partial charge on any atom is -0.345 e. The summed E-state index contributed by atoms with van der Waals surface area (Å²) in [6.45, 7) is 2.29. The number of H-pyrrole nitrogens is 1. The lowest BCUT2D eigenvalue weighted by Gasteiger charge is -2.28. The molecule has 6 rings (SSSR count). The van der Waals surface area contributed by atoms with Crippen LogP contribution >= 0.6 is 11.6 Å². The zero-order valence-electron chi connectivity index (χ0n) is 18.4. The van der Waals surface area contributed by atoms with Gasteiger partial charge in [0.1, 0.15) is 28.4 Å². The molecule has 1 N–H and O–H groups in total. The van der Waals surface area contributed by atoms with Crippen LogP contribution in [0.5, 0.6) is 0 Å². The van der Waals surface area contributed by atoms with Crippen LogP contribution in [0.3, 0.4) is 0 Å². The molecule has 0 bridgehead atoms. The second-order valence-corrected chi connectivity index (χ2v) is 8.72. The van der Waals surface area contributed by atoms with Gasteiger partial charge in [0.05, 0.1) is 23.1 Å². The molecule has 0 saturated carbocycles. The topological polar surface area (TPSA) is 114 Å². The van der Waals surface area contributed by atoms with Crippen LogP contribution in [0.25, 0.3) is 22.2 Å². The highest BCUT2D eigenvalue weighted by atomic mass is 35.5. The van der Waals surface area contributed by atoms with Crippen LogP contribution in [0.2, 0.25) is 5.02 Å². The van der Waals surface area contributed by atoms with Crippen LogP contribution < -0.4 is 16.0 Å². The lowest BCUT2D eigenvalue weighted by Crippen LogP contribution is -2.34. The molecule has 1 aromatic carbocycles. The fraction of sp³-hybridized carbons (Fsp3) is 0.217. The van der Waals surface area contributed by atoms with Crippen LogP contribution in [-0.2, 0) is 0 Å². The quantitative estimate of drug-likeness (QED) is 0.412. The molecule has 1 saturated heterocycles. The largest absolute Gasteiger partial charge is 0.345 e. The van der Waals surface area contributed by atoms with Gasteiger partial charge >= 0.3 is 0 Å². The number of nitrogens with zero attached hydrogens (tertiary/aromatic N) is 7. The second kappa shape index (κ2) is 7.98. The van der Waals surface area contributed by atoms with Gasteiger partial charge in [-0.3, -0.25) is 14.2 Å². The molecule has 10 nitrogen and oxygen atoms in total. The smallest absolute Gasteiger partial charge is 0.284 e. The van der Waals surface area contributed by atoms with E-state index < -0.39 is 17.4 Å². The first-order valence-electron chi connectivity index (χ1n) is 11.0. The molecule has 0 amide bonds. The monoisotopic (exact) mass is 492 g/mol. The summed E-state index contributed by atoms with van der Waals surface area (Å²) in [5, 5.41) is 5.24. The van der Waals surface area contributed by atoms with E-state index in [1.807, 2.05) is 4.90 Å². The Balaban J connectivity index is 1.63. The third kappa shape index (κ3) is 3.38. The molecule has 1 aliphatic heterocycles. The van der Waals surface area contributed by atoms with Crippen LogP contribution in [0.15, 0.2) is 52.4 Å². The van der Waals surface area contributed by atoms with Gasteiger partial charge in [-0.25, -0.2) is 23.9 Å². The van der Waals surface area contributed by atoms with E-state index in [0.717, 1.165) is 6.42 Å². The molecule has 4 aromatic heterocycles. The second-order valence-electron chi connectivity index (χ2n) is 8.31. The Morgan fingerprint density at radius 2 is 2.06 bits per heavy atom. The number of benzene rings is 1. The molecule has 176 valence electrons. The SMILES string of the molecule is Cc1nc(N2CCC[C@H]2c2nn3ccc(Cl)c3c(=O)n2-c2cccc(F)c2)c2c(=O)[nH]cnc2n1. The number of nitrogens with one attached hydrogen (secondary N) is 1. The summed E-state index contributed by atoms with van der Waals surface area (Å²) < 4.78 is 17.0. The summed E-state index contributed by atoms with van der Waals surface area (Å²) in [4.78, 5) is 44.0. The van der Waals surface area contributed by atoms with Gasteiger partial charge in [-0.1, -0.05) is 17.7 Å². The maximum atomic E-state index is 14.2. The summed E-state index contributed by atoms with van der Waals surface area (Å²) in [6, 6.07) is 6.91. The highest BCUT2D eigenvalue weighted by molar-refractivity contribution is 6.33. The zero-order chi connectivity index (χ0) is 24.3. The lowest BCUT2D eigenvalue weighted by molar-refractivity contribution is 0.596. The maximum absolute atomic E-state index is 14.2. The highest BCUT2D eigenvalue weighted by Crippen LogP contribution is 2.37. The Morgan fingerprint density at radius 1 is 1.20 bits per heavy atom. The molecule has 5 heterocycles. The van der Waals surface area contributed by atoms with Crippen molar-refractivity contribution in [2.45, 2.75) is 25.8 Å². The Kier molecular flexibility index (Phi) is 4.88. The van der Waals surface area contributed by atoms with E-state index in [9.17, 15) is 14.0 Å². The molecule has 0 unspecified atom stereocenters. The fourth-order valence-electron chi connectivity index (χ4n) is 4.69. The average molecular weight is 493 g/mol. The predicted molar refractivity (Wildman–Crippen MR) is 128 cm³/mol. The van der Waals surface area contributed by atoms with Crippen molar-refractivity contribution in [1.29, 1.82) is 0 Å². The van der Waals surface area contributed by atoms with Crippen molar-refractivity contribution in [3.8, 4) is 5.69 Å². The Bertz CT molecular complexity index is 1740. The van der Waals surface area contributed by atoms with Gasteiger partial charge in [0, 0.05) is 12.7 Å². The van der Waals surface area contributed by atoms with Crippen molar-refractivity contribution in [3.05, 3.63) is 86.1 Å². The van der Waals surface area contributed by atoms with E-state index in [4.69, 9.17) is 16.7 Å². The van der Waals surface area contributed by atoms with Crippen molar-refractivity contribution in [2.75, 3.05) is 11.4 Å². The van der Waals surface area contributed by atoms with Gasteiger partial charge in [-0.15, -0.1) is 0 Å². The third-order valence-electron chi connectivity index (χ3n) is 6.14. The summed E-state index contributed by atoms with van der Waals surface area (Å²) in [5.74, 6) is 0.761. The number of hydrogen-bond donors (Lipinski definition) is 1. The first-order chi connectivity index (χ1) is 16.9. The fourth-order valence-corrected chi connectivity index (χ4v) is 4.91. The van der Waals surface area contributed by atoms with Crippen LogP contribution in [-0.4, -0.2) is 40.7 Å². The van der Waals surface area contributed by atoms with Gasteiger partial charge in [0.15, 0.2) is 11.5 Å². The van der Waals surface area contributed by atoms with E-state index in [-0.39, 0.29) is 27.1 Å². The molecule has 5 aromatic rings. The number of aromatic amines is 1. The van der Waals surface area contributed by atoms with Crippen LogP contribution in [0, 0.1) is 12.7 Å². The average Bonchev–Trinajstić information content (AvgIpc) is 3.45. The summed E-state index contributed by atoms with van der Waals surface area (Å²) >= 11 is 6.28. The first-order valence-corrected chi connectivity index (χ1v) is 11.3. The summed E-state index contributed by atoms with van der Waals surface area (Å²) in [6.07, 6.45) is 4.30. The van der Waals surface area contributed by atoms with E-state index in [1.165, 1.54) is 33.6 Å². The minimum atomic E-state index is -0.486. The minimum absolute atomic E-state index is 0.188. The molecular weight excluding hydrogens is 475 g/mol. The Morgan fingerprint density at radius 3 is 2.89 bits per heavy atom. The number of aryl methyl sites for hydroxylation is 1. The van der Waals surface area contributed by atoms with Gasteiger partial charge in [-0.05, 0) is 44.0 Å². The van der Waals surface area contributed by atoms with Gasteiger partial charge in [-0.2, -0.15) is 5.10 Å². The number of aromatic nitrogens is 7. The summed E-state index contributed by atoms with van der Waals surface area (Å²) in [7, 11) is 0. The standard InChI is InChI=1S/C23H18ClFN8O2/c1-12-28-19-17(22(34)27-11-26-19)21(29-12)31-8-3-6-16(31)20-30-32-9-7-15(24)18(32)23(35)33(20)14-5-2-4-13(25)10-14/h2,4-5,7,9-11,16H,3,6,8H2,1H3,(H,26,27,28,29,34)/t16-/m0/s1. The van der Waals surface area contributed by atoms with E-state index in [0.29, 0.717) is 36.1 Å². The third-order valence-corrected chi connectivity index (χ3v) is 6.45. The first kappa shape index (κ1) is 21.4. The molecule has 1 aliphatic rings. The number of anilines is 1. The predicted octanol–water partition coefficient (Wildman–Crippen LogP) is 2.95. The van der Waals surface area contributed by atoms with Gasteiger partial charge in [0.25, 0.3) is 11.1 Å². The molecule has 35 heavy (non-hydrogen) atoms. The number of hydrogen-bond acceptors (Lipinski definition) is 7. The van der Waals surface area contributed by atoms with Crippen LogP contribution in [0.1, 0.15) is 30.5 Å². The van der Waals surface area contributed by atoms with Crippen LogP contribution in [0.4, 0.5) is 10.2 Å². The summed E-state index contributed by atoms with van der Waals surface area (Å²) in [5.41, 5.74) is 0.00930. The molecule has 1 fully saturated rings. The van der Waals surface area contributed by atoms with E-state index in [1.54, 1.807) is 25.3 Å². The van der Waals surface area contributed by atoms with E-state index >= 15 is 0 Å². The molecule has 1 atom stereocenters. The zero-order valence-corrected chi connectivity index (χ0v) is 19.2. The van der Waals surface area contributed by atoms with Crippen molar-refractivity contribution in [2.24, 2.45) is 0 Å². The molecule has 12 heteroatoms. The van der Waals surface area contributed by atoms with Crippen molar-refractivity contribution < 1.29 is 4.39 Å². The molecule has 0 radical (unpaired) electrons. The Labute approximate surface area is 201 Å². The molecule has 0 aliphatic carbocycles. The molecular formula is C23H18ClFN8O2. The van der Waals surface area contributed by atoms with E-state index in [2.05, 4.69) is 19.9 Å². The number of halogens is 2. The lowest BCUT2D eigenvalue weighted by atomic mass is 10.2. The van der Waals surface area contributed by atoms with Crippen molar-refractivity contribution in [1.82, 2.24) is 34.1 Å². The van der Waals surface area contributed by atoms with Gasteiger partial charge < -0.3 is 9.88 Å². The van der Waals surface area contributed by atoms with Crippen molar-refractivity contribution >= 4 is 34.0 Å². The Hall–Kier alpha value is -4.12. The maximum Gasteiger partial charge on any atom is 0.284 e. The number of rotatable bonds is 3. The normalized spacial score (nSPS) is 16.0. The number of fused-ring (bicyclic) bond motifs is 2. The van der Waals surface area contributed by atoms with Gasteiger partial charge in [0.2, 0.25) is 0 Å². The molecule has 0 spiro atoms.